The molecule has 9 heteroatoms. The van der Waals surface area contributed by atoms with Crippen molar-refractivity contribution in [2.24, 2.45) is 10.2 Å². The molecule has 0 fully saturated rings. The van der Waals surface area contributed by atoms with Gasteiger partial charge in [-0.25, -0.2) is 15.8 Å². The third-order valence-corrected chi connectivity index (χ3v) is 4.21. The molecule has 0 bridgehead atoms. The van der Waals surface area contributed by atoms with E-state index in [0.29, 0.717) is 33.9 Å². The topological polar surface area (TPSA) is 95.8 Å². The van der Waals surface area contributed by atoms with Gasteiger partial charge >= 0.3 is 25.0 Å². The number of carbonyl (C=O) groups excluding carboxylic acids is 2. The summed E-state index contributed by atoms with van der Waals surface area (Å²) in [5.74, 6) is -0.597. The van der Waals surface area contributed by atoms with Crippen LogP contribution in [0.4, 0.5) is 0 Å². The number of hydrogen-bond acceptors (Lipinski definition) is 5. The monoisotopic (exact) mass is 493 g/mol. The quantitative estimate of drug-likeness (QED) is 0.400. The van der Waals surface area contributed by atoms with Gasteiger partial charge in [-0.2, -0.15) is 10.2 Å². The van der Waals surface area contributed by atoms with E-state index in [9.17, 15) is 9.59 Å². The minimum absolute atomic E-state index is 0.299. The van der Waals surface area contributed by atoms with E-state index in [-0.39, 0.29) is 11.8 Å². The van der Waals surface area contributed by atoms with E-state index in [2.05, 4.69) is 51.0 Å². The second kappa shape index (κ2) is 13.2. The summed E-state index contributed by atoms with van der Waals surface area (Å²) in [7, 11) is 4.33. The summed E-state index contributed by atoms with van der Waals surface area (Å²) < 4.78 is 0. The molecular weight excluding hydrogens is 473 g/mol. The summed E-state index contributed by atoms with van der Waals surface area (Å²) >= 11 is 3.03. The Hall–Kier alpha value is -3.33. The number of nitrogens with one attached hydrogen (secondary N) is 2. The predicted molar refractivity (Wildman–Crippen MR) is 122 cm³/mol. The molecule has 0 aliphatic heterocycles. The summed E-state index contributed by atoms with van der Waals surface area (Å²) in [6.45, 7) is 3.50. The molecule has 32 heavy (non-hydrogen) atoms. The molecule has 1 aromatic heterocycles. The standard InChI is InChI=1S/C23H21N5O2.ClH.Co/c1-16(25-27-22(29)18-10-5-3-6-11-18)20-14-9-15-21(24-20)17(2)26-28-23(30)19-12-7-4-8-13-19;;/h3-15H,1-2H3,(H,27,29)(H,28,30);1H;/q;;+2/p-1. The van der Waals surface area contributed by atoms with E-state index in [1.807, 2.05) is 18.2 Å². The second-order valence-electron chi connectivity index (χ2n) is 6.42. The van der Waals surface area contributed by atoms with Gasteiger partial charge in [0.15, 0.2) is 0 Å². The average molecular weight is 494 g/mol. The van der Waals surface area contributed by atoms with Crippen molar-refractivity contribution in [1.82, 2.24) is 15.8 Å². The Balaban J connectivity index is 0.00000176. The number of hydrogen-bond donors (Lipinski definition) is 2. The van der Waals surface area contributed by atoms with Gasteiger partial charge in [0.25, 0.3) is 11.8 Å². The van der Waals surface area contributed by atoms with E-state index in [1.54, 1.807) is 74.5 Å². The molecule has 0 aliphatic carbocycles. The first-order chi connectivity index (χ1) is 15.5. The van der Waals surface area contributed by atoms with Crippen LogP contribution in [0, 0.1) is 0 Å². The minimum atomic E-state index is -0.299. The molecule has 165 valence electrons. The fraction of sp³-hybridized carbons (Fsp3) is 0.0870. The van der Waals surface area contributed by atoms with Crippen molar-refractivity contribution >= 4 is 33.4 Å². The van der Waals surface area contributed by atoms with Gasteiger partial charge in [0.05, 0.1) is 22.8 Å². The molecule has 0 saturated heterocycles. The van der Waals surface area contributed by atoms with Gasteiger partial charge in [-0.3, -0.25) is 9.59 Å². The van der Waals surface area contributed by atoms with Crippen LogP contribution < -0.4 is 10.9 Å². The zero-order chi connectivity index (χ0) is 23.3. The van der Waals surface area contributed by atoms with E-state index >= 15 is 0 Å². The number of hydrazone groups is 2. The average Bonchev–Trinajstić information content (AvgIpc) is 2.87. The molecule has 0 spiro atoms. The zero-order valence-electron chi connectivity index (χ0n) is 17.4. The summed E-state index contributed by atoms with van der Waals surface area (Å²) in [6, 6.07) is 23.1. The molecule has 2 amide bonds. The number of amides is 2. The van der Waals surface area contributed by atoms with Crippen LogP contribution in [0.1, 0.15) is 46.0 Å². The van der Waals surface area contributed by atoms with Crippen LogP contribution >= 0.6 is 10.1 Å². The molecular formula is C23H21ClCoN5O2+. The molecule has 0 atom stereocenters. The van der Waals surface area contributed by atoms with Gasteiger partial charge < -0.3 is 0 Å². The second-order valence-corrected chi connectivity index (χ2v) is 6.42. The van der Waals surface area contributed by atoms with Gasteiger partial charge in [-0.05, 0) is 50.2 Å². The van der Waals surface area contributed by atoms with Crippen LogP contribution in [-0.4, -0.2) is 28.2 Å². The van der Waals surface area contributed by atoms with Gasteiger partial charge in [0.2, 0.25) is 0 Å². The van der Waals surface area contributed by atoms with E-state index < -0.39 is 0 Å². The van der Waals surface area contributed by atoms with Crippen LogP contribution in [0.2, 0.25) is 0 Å². The van der Waals surface area contributed by atoms with Crippen molar-refractivity contribution in [1.29, 1.82) is 0 Å². The Labute approximate surface area is 198 Å². The SMILES string of the molecule is CC(=NNC(=O)c1ccccc1)c1cccc(C(C)=NNC(=O)c2ccccc2)n1.[Cl][Co+]. The van der Waals surface area contributed by atoms with Crippen molar-refractivity contribution in [3.8, 4) is 0 Å². The van der Waals surface area contributed by atoms with Crippen LogP contribution in [0.3, 0.4) is 0 Å². The molecule has 0 radical (unpaired) electrons. The number of aromatic nitrogens is 1. The Kier molecular flexibility index (Phi) is 10.3. The maximum absolute atomic E-state index is 12.1. The van der Waals surface area contributed by atoms with E-state index in [1.165, 1.54) is 0 Å². The fourth-order valence-corrected chi connectivity index (χ4v) is 2.53. The first kappa shape index (κ1) is 24.9. The van der Waals surface area contributed by atoms with Gasteiger partial charge in [-0.15, -0.1) is 0 Å². The summed E-state index contributed by atoms with van der Waals surface area (Å²) in [4.78, 5) is 28.8. The summed E-state index contributed by atoms with van der Waals surface area (Å²) in [5.41, 5.74) is 8.36. The number of benzene rings is 2. The number of halogens is 1. The Morgan fingerprint density at radius 1 is 0.688 bits per heavy atom. The van der Waals surface area contributed by atoms with Crippen LogP contribution in [0.5, 0.6) is 0 Å². The van der Waals surface area contributed by atoms with Gasteiger partial charge in [0.1, 0.15) is 0 Å². The van der Waals surface area contributed by atoms with Crippen molar-refractivity contribution < 1.29 is 24.4 Å². The van der Waals surface area contributed by atoms with Crippen molar-refractivity contribution in [3.05, 3.63) is 101 Å². The van der Waals surface area contributed by atoms with E-state index in [4.69, 9.17) is 0 Å². The molecule has 0 unspecified atom stereocenters. The molecule has 0 aliphatic rings. The molecule has 2 N–H and O–H groups in total. The Bertz CT molecular complexity index is 1020. The van der Waals surface area contributed by atoms with Crippen LogP contribution in [-0.2, 0) is 14.8 Å². The number of carbonyl (C=O) groups is 2. The predicted octanol–water partition coefficient (Wildman–Crippen LogP) is 4.08. The Morgan fingerprint density at radius 2 is 1.06 bits per heavy atom. The molecule has 3 aromatic rings. The first-order valence-corrected chi connectivity index (χ1v) is 10.9. The van der Waals surface area contributed by atoms with E-state index in [0.717, 1.165) is 0 Å². The fourth-order valence-electron chi connectivity index (χ4n) is 2.53. The molecule has 1 heterocycles. The van der Waals surface area contributed by atoms with Crippen LogP contribution in [0.25, 0.3) is 0 Å². The first-order valence-electron chi connectivity index (χ1n) is 9.44. The maximum atomic E-state index is 12.1. The van der Waals surface area contributed by atoms with Gasteiger partial charge in [0, 0.05) is 11.1 Å². The molecule has 2 aromatic carbocycles. The van der Waals surface area contributed by atoms with Gasteiger partial charge in [-0.1, -0.05) is 42.5 Å². The van der Waals surface area contributed by atoms with Crippen LogP contribution in [0.15, 0.2) is 89.1 Å². The molecule has 0 saturated carbocycles. The summed E-state index contributed by atoms with van der Waals surface area (Å²) in [6.07, 6.45) is 0. The van der Waals surface area contributed by atoms with Crippen molar-refractivity contribution in [2.45, 2.75) is 13.8 Å². The third kappa shape index (κ3) is 7.42. The van der Waals surface area contributed by atoms with Crippen molar-refractivity contribution in [2.75, 3.05) is 0 Å². The molecule has 7 nitrogen and oxygen atoms in total. The molecule has 3 rings (SSSR count). The number of pyridine rings is 1. The normalized spacial score (nSPS) is 11.1. The number of nitrogens with zero attached hydrogens (tertiary/aromatic N) is 3. The number of rotatable bonds is 6. The van der Waals surface area contributed by atoms with Crippen molar-refractivity contribution in [3.63, 3.8) is 0 Å². The zero-order valence-corrected chi connectivity index (χ0v) is 19.2. The third-order valence-electron chi connectivity index (χ3n) is 4.21. The Morgan fingerprint density at radius 3 is 1.44 bits per heavy atom. The summed E-state index contributed by atoms with van der Waals surface area (Å²) in [5, 5.41) is 8.26.